The molecule has 1 aromatic heterocycles. The molecule has 6 unspecified atom stereocenters. The first-order valence-corrected chi connectivity index (χ1v) is 12.7. The Morgan fingerprint density at radius 1 is 1.31 bits per heavy atom. The molecule has 0 aromatic carbocycles. The summed E-state index contributed by atoms with van der Waals surface area (Å²) in [5.74, 6) is -0.181. The van der Waals surface area contributed by atoms with Crippen LogP contribution in [0.2, 0.25) is 0 Å². The molecule has 0 bridgehead atoms. The Morgan fingerprint density at radius 2 is 1.91 bits per heavy atom. The third kappa shape index (κ3) is 6.17. The number of rotatable bonds is 9. The van der Waals surface area contributed by atoms with Crippen molar-refractivity contribution in [3.63, 3.8) is 0 Å². The quantitative estimate of drug-likeness (QED) is 0.179. The van der Waals surface area contributed by atoms with Gasteiger partial charge in [-0.1, -0.05) is 6.58 Å². The Morgan fingerprint density at radius 3 is 2.41 bits per heavy atom. The van der Waals surface area contributed by atoms with E-state index in [9.17, 15) is 37.8 Å². The van der Waals surface area contributed by atoms with E-state index in [2.05, 4.69) is 24.7 Å². The van der Waals surface area contributed by atoms with Gasteiger partial charge in [-0.25, -0.2) is 22.9 Å². The van der Waals surface area contributed by atoms with E-state index in [-0.39, 0.29) is 11.4 Å². The number of alkyl halides is 1. The summed E-state index contributed by atoms with van der Waals surface area (Å²) in [6.07, 6.45) is -5.25. The van der Waals surface area contributed by atoms with Crippen molar-refractivity contribution in [2.45, 2.75) is 31.0 Å². The fourth-order valence-corrected chi connectivity index (χ4v) is 5.72. The van der Waals surface area contributed by atoms with Crippen molar-refractivity contribution < 1.29 is 60.6 Å². The van der Waals surface area contributed by atoms with Crippen LogP contribution in [0.25, 0.3) is 0 Å². The van der Waals surface area contributed by atoms with Gasteiger partial charge >= 0.3 is 29.2 Å². The standard InChI is InChI=1S/C12H19FN3O13P3/c1-6(2)12(5-26-31(22,23)29-32(24,25)28-30(19,20)21)9(17)8(13)10(27-12)16-4-3-7(14)15-11(16)18/h3-4,8-10,17H,1,5H2,2H3,(H,22,23)(H,24,25)(H2,14,15,18)(H2,19,20,21). The lowest BCUT2D eigenvalue weighted by atomic mass is 9.90. The molecule has 1 aromatic rings. The SMILES string of the molecule is C=C(C)C1(COP(=O)(O)OP(=O)(O)OP(=O)(O)O)OC(n2ccc(N)nc2=O)C(F)C1O. The Labute approximate surface area is 178 Å². The van der Waals surface area contributed by atoms with E-state index in [1.807, 2.05) is 0 Å². The molecule has 1 fully saturated rings. The van der Waals surface area contributed by atoms with Crippen LogP contribution in [0.3, 0.4) is 0 Å². The van der Waals surface area contributed by atoms with E-state index in [4.69, 9.17) is 20.3 Å². The van der Waals surface area contributed by atoms with Crippen molar-refractivity contribution in [1.29, 1.82) is 0 Å². The van der Waals surface area contributed by atoms with Crippen LogP contribution in [0.4, 0.5) is 10.2 Å². The van der Waals surface area contributed by atoms with Crippen LogP contribution < -0.4 is 11.4 Å². The molecular weight excluding hydrogens is 506 g/mol. The smallest absolute Gasteiger partial charge is 0.386 e. The fraction of sp³-hybridized carbons (Fsp3) is 0.500. The minimum Gasteiger partial charge on any atom is -0.386 e. The number of nitrogens with zero attached hydrogens (tertiary/aromatic N) is 2. The predicted octanol–water partition coefficient (Wildman–Crippen LogP) is -0.289. The topological polar surface area (TPSA) is 250 Å². The van der Waals surface area contributed by atoms with Gasteiger partial charge in [-0.05, 0) is 18.6 Å². The highest BCUT2D eigenvalue weighted by Gasteiger charge is 2.58. The summed E-state index contributed by atoms with van der Waals surface area (Å²) >= 11 is 0. The molecular formula is C12H19FN3O13P3. The second kappa shape index (κ2) is 9.14. The van der Waals surface area contributed by atoms with Crippen LogP contribution in [0.5, 0.6) is 0 Å². The van der Waals surface area contributed by atoms with E-state index in [1.165, 1.54) is 6.92 Å². The average Bonchev–Trinajstić information content (AvgIpc) is 2.83. The molecule has 16 nitrogen and oxygen atoms in total. The van der Waals surface area contributed by atoms with Crippen molar-refractivity contribution in [3.8, 4) is 0 Å². The predicted molar refractivity (Wildman–Crippen MR) is 101 cm³/mol. The largest absolute Gasteiger partial charge is 0.490 e. The van der Waals surface area contributed by atoms with Gasteiger partial charge in [0.25, 0.3) is 0 Å². The summed E-state index contributed by atoms with van der Waals surface area (Å²) in [5, 5.41) is 10.4. The lowest BCUT2D eigenvalue weighted by Gasteiger charge is -2.32. The summed E-state index contributed by atoms with van der Waals surface area (Å²) in [4.78, 5) is 51.2. The summed E-state index contributed by atoms with van der Waals surface area (Å²) in [6.45, 7) is 3.47. The molecule has 2 rings (SSSR count). The van der Waals surface area contributed by atoms with Crippen LogP contribution in [-0.2, 0) is 31.6 Å². The molecule has 20 heteroatoms. The molecule has 0 aliphatic carbocycles. The fourth-order valence-electron chi connectivity index (χ4n) is 2.67. The molecule has 7 N–H and O–H groups in total. The Bertz CT molecular complexity index is 1090. The molecule has 0 radical (unpaired) electrons. The van der Waals surface area contributed by atoms with Gasteiger partial charge in [-0.15, -0.1) is 0 Å². The maximum absolute atomic E-state index is 14.8. The van der Waals surface area contributed by atoms with E-state index in [0.717, 1.165) is 12.3 Å². The van der Waals surface area contributed by atoms with Crippen molar-refractivity contribution in [1.82, 2.24) is 9.55 Å². The Hall–Kier alpha value is -1.32. The third-order valence-electron chi connectivity index (χ3n) is 4.09. The van der Waals surface area contributed by atoms with Gasteiger partial charge in [0.05, 0.1) is 6.61 Å². The van der Waals surface area contributed by atoms with Gasteiger partial charge in [0.1, 0.15) is 17.5 Å². The summed E-state index contributed by atoms with van der Waals surface area (Å²) < 4.78 is 66.5. The molecule has 1 aliphatic rings. The first-order valence-electron chi connectivity index (χ1n) is 8.18. The van der Waals surface area contributed by atoms with Crippen molar-refractivity contribution in [3.05, 3.63) is 34.9 Å². The minimum absolute atomic E-state index is 0.162. The summed E-state index contributed by atoms with van der Waals surface area (Å²) in [7, 11) is -17.0. The number of ether oxygens (including phenoxy) is 1. The van der Waals surface area contributed by atoms with Crippen LogP contribution >= 0.6 is 23.5 Å². The van der Waals surface area contributed by atoms with E-state index in [1.54, 1.807) is 0 Å². The first kappa shape index (κ1) is 26.9. The normalized spacial score (nSPS) is 29.9. The average molecular weight is 525 g/mol. The van der Waals surface area contributed by atoms with Gasteiger partial charge in [0, 0.05) is 6.20 Å². The molecule has 182 valence electrons. The number of hydrogen-bond donors (Lipinski definition) is 6. The van der Waals surface area contributed by atoms with Gasteiger partial charge in [0.2, 0.25) is 0 Å². The number of aliphatic hydroxyl groups is 1. The number of halogens is 1. The highest BCUT2D eigenvalue weighted by molar-refractivity contribution is 7.66. The van der Waals surface area contributed by atoms with Gasteiger partial charge < -0.3 is 35.2 Å². The van der Waals surface area contributed by atoms with Gasteiger partial charge in [-0.2, -0.15) is 13.6 Å². The number of aromatic nitrogens is 2. The second-order valence-electron chi connectivity index (χ2n) is 6.47. The Kier molecular flexibility index (Phi) is 7.69. The van der Waals surface area contributed by atoms with Crippen molar-refractivity contribution in [2.75, 3.05) is 12.3 Å². The zero-order chi connectivity index (χ0) is 24.7. The van der Waals surface area contributed by atoms with Crippen LogP contribution in [0, 0.1) is 0 Å². The third-order valence-corrected chi connectivity index (χ3v) is 7.87. The lowest BCUT2D eigenvalue weighted by molar-refractivity contribution is -0.103. The highest BCUT2D eigenvalue weighted by atomic mass is 31.3. The van der Waals surface area contributed by atoms with Gasteiger partial charge in [-0.3, -0.25) is 9.09 Å². The zero-order valence-electron chi connectivity index (χ0n) is 16.0. The molecule has 1 saturated heterocycles. The minimum atomic E-state index is -5.81. The number of phosphoric acid groups is 3. The maximum atomic E-state index is 14.8. The van der Waals surface area contributed by atoms with E-state index in [0.29, 0.717) is 4.57 Å². The van der Waals surface area contributed by atoms with Gasteiger partial charge in [0.15, 0.2) is 12.4 Å². The van der Waals surface area contributed by atoms with Crippen LogP contribution in [0.15, 0.2) is 29.2 Å². The maximum Gasteiger partial charge on any atom is 0.490 e. The number of phosphoric ester groups is 1. The second-order valence-corrected chi connectivity index (χ2v) is 10.9. The van der Waals surface area contributed by atoms with Crippen LogP contribution in [0.1, 0.15) is 13.2 Å². The summed E-state index contributed by atoms with van der Waals surface area (Å²) in [6, 6.07) is 1.14. The monoisotopic (exact) mass is 525 g/mol. The molecule has 6 atom stereocenters. The summed E-state index contributed by atoms with van der Waals surface area (Å²) in [5.41, 5.74) is 1.87. The first-order chi connectivity index (χ1) is 14.4. The van der Waals surface area contributed by atoms with E-state index < -0.39 is 59.9 Å². The van der Waals surface area contributed by atoms with Crippen molar-refractivity contribution >= 4 is 29.3 Å². The Balaban J connectivity index is 2.28. The number of hydrogen-bond acceptors (Lipinski definition) is 11. The van der Waals surface area contributed by atoms with Crippen LogP contribution in [-0.4, -0.2) is 58.7 Å². The van der Waals surface area contributed by atoms with Crippen molar-refractivity contribution in [2.24, 2.45) is 0 Å². The molecule has 2 heterocycles. The highest BCUT2D eigenvalue weighted by Crippen LogP contribution is 2.66. The molecule has 32 heavy (non-hydrogen) atoms. The number of anilines is 1. The number of nitrogens with two attached hydrogens (primary N) is 1. The molecule has 0 spiro atoms. The molecule has 1 aliphatic heterocycles. The molecule has 0 saturated carbocycles. The number of nitrogen functional groups attached to an aromatic ring is 1. The number of aliphatic hydroxyl groups excluding tert-OH is 1. The zero-order valence-corrected chi connectivity index (χ0v) is 18.7. The van der Waals surface area contributed by atoms with E-state index >= 15 is 0 Å². The molecule has 0 amide bonds. The lowest BCUT2D eigenvalue weighted by Crippen LogP contribution is -2.46.